The van der Waals surface area contributed by atoms with Crippen LogP contribution >= 0.6 is 24.0 Å². The standard InChI is InChI=1S/C21H33N3O3.HI/c1-17-7-9-18(10-8-17)25-13-4-3-11-23-21(22-2)24-12-15-27-20(16-24)19-6-5-14-26-19;/h7-10,19-20H,3-6,11-16H2,1-2H3,(H,22,23);1H. The lowest BCUT2D eigenvalue weighted by atomic mass is 10.1. The van der Waals surface area contributed by atoms with Crippen LogP contribution in [0.5, 0.6) is 5.75 Å². The van der Waals surface area contributed by atoms with Gasteiger partial charge in [-0.3, -0.25) is 4.99 Å². The van der Waals surface area contributed by atoms with Gasteiger partial charge in [0, 0.05) is 33.3 Å². The predicted molar refractivity (Wildman–Crippen MR) is 123 cm³/mol. The molecule has 1 N–H and O–H groups in total. The fraction of sp³-hybridized carbons (Fsp3) is 0.667. The molecule has 0 radical (unpaired) electrons. The highest BCUT2D eigenvalue weighted by atomic mass is 127. The molecule has 6 nitrogen and oxygen atoms in total. The number of nitrogens with one attached hydrogen (secondary N) is 1. The van der Waals surface area contributed by atoms with Crippen LogP contribution in [0.2, 0.25) is 0 Å². The van der Waals surface area contributed by atoms with Crippen LogP contribution < -0.4 is 10.1 Å². The van der Waals surface area contributed by atoms with Crippen LogP contribution in [0.15, 0.2) is 29.3 Å². The van der Waals surface area contributed by atoms with Crippen LogP contribution in [0, 0.1) is 6.92 Å². The maximum Gasteiger partial charge on any atom is 0.193 e. The van der Waals surface area contributed by atoms with Crippen LogP contribution in [0.25, 0.3) is 0 Å². The molecular weight excluding hydrogens is 469 g/mol. The molecule has 0 bridgehead atoms. The molecule has 1 aromatic rings. The minimum absolute atomic E-state index is 0. The number of morpholine rings is 1. The largest absolute Gasteiger partial charge is 0.494 e. The van der Waals surface area contributed by atoms with E-state index in [2.05, 4.69) is 34.3 Å². The van der Waals surface area contributed by atoms with Gasteiger partial charge in [0.25, 0.3) is 0 Å². The number of unbranched alkanes of at least 4 members (excludes halogenated alkanes) is 1. The first-order valence-electron chi connectivity index (χ1n) is 10.1. The van der Waals surface area contributed by atoms with E-state index >= 15 is 0 Å². The van der Waals surface area contributed by atoms with Crippen molar-refractivity contribution in [3.05, 3.63) is 29.8 Å². The third-order valence-corrected chi connectivity index (χ3v) is 5.13. The van der Waals surface area contributed by atoms with Crippen LogP contribution in [0.3, 0.4) is 0 Å². The average molecular weight is 503 g/mol. The predicted octanol–water partition coefficient (Wildman–Crippen LogP) is 3.23. The third-order valence-electron chi connectivity index (χ3n) is 5.13. The van der Waals surface area contributed by atoms with Crippen molar-refractivity contribution in [2.75, 3.05) is 46.5 Å². The van der Waals surface area contributed by atoms with Crippen LogP contribution in [0.4, 0.5) is 0 Å². The molecule has 2 atom stereocenters. The number of benzene rings is 1. The molecule has 0 saturated carbocycles. The summed E-state index contributed by atoms with van der Waals surface area (Å²) in [6, 6.07) is 8.21. The number of hydrogen-bond acceptors (Lipinski definition) is 4. The zero-order chi connectivity index (χ0) is 18.9. The highest BCUT2D eigenvalue weighted by Crippen LogP contribution is 2.21. The van der Waals surface area contributed by atoms with E-state index in [9.17, 15) is 0 Å². The molecule has 0 aliphatic carbocycles. The summed E-state index contributed by atoms with van der Waals surface area (Å²) >= 11 is 0. The number of halogens is 1. The third kappa shape index (κ3) is 7.08. The van der Waals surface area contributed by atoms with Crippen LogP contribution in [-0.2, 0) is 9.47 Å². The van der Waals surface area contributed by atoms with Gasteiger partial charge in [-0.1, -0.05) is 17.7 Å². The average Bonchev–Trinajstić information content (AvgIpc) is 3.24. The van der Waals surface area contributed by atoms with Crippen molar-refractivity contribution < 1.29 is 14.2 Å². The second-order valence-corrected chi connectivity index (χ2v) is 7.25. The smallest absolute Gasteiger partial charge is 0.193 e. The zero-order valence-electron chi connectivity index (χ0n) is 17.1. The Labute approximate surface area is 186 Å². The fourth-order valence-corrected chi connectivity index (χ4v) is 3.57. The van der Waals surface area contributed by atoms with Gasteiger partial charge in [0.05, 0.1) is 19.3 Å². The Hall–Kier alpha value is -1.06. The number of nitrogens with zero attached hydrogens (tertiary/aromatic N) is 2. The molecular formula is C21H34IN3O3. The molecule has 0 amide bonds. The quantitative estimate of drug-likeness (QED) is 0.268. The Morgan fingerprint density at radius 1 is 1.18 bits per heavy atom. The Bertz CT molecular complexity index is 591. The Morgan fingerprint density at radius 2 is 1.96 bits per heavy atom. The monoisotopic (exact) mass is 503 g/mol. The van der Waals surface area contributed by atoms with Crippen molar-refractivity contribution in [3.63, 3.8) is 0 Å². The normalized spacial score (nSPS) is 22.6. The van der Waals surface area contributed by atoms with Gasteiger partial charge in [-0.05, 0) is 44.7 Å². The molecule has 2 saturated heterocycles. The molecule has 2 aliphatic rings. The summed E-state index contributed by atoms with van der Waals surface area (Å²) in [6.07, 6.45) is 4.70. The summed E-state index contributed by atoms with van der Waals surface area (Å²) in [5, 5.41) is 3.48. The summed E-state index contributed by atoms with van der Waals surface area (Å²) in [7, 11) is 1.85. The van der Waals surface area contributed by atoms with Crippen molar-refractivity contribution in [2.45, 2.75) is 44.8 Å². The fourth-order valence-electron chi connectivity index (χ4n) is 3.57. The van der Waals surface area contributed by atoms with E-state index in [0.29, 0.717) is 0 Å². The van der Waals surface area contributed by atoms with E-state index < -0.39 is 0 Å². The van der Waals surface area contributed by atoms with Crippen molar-refractivity contribution in [1.29, 1.82) is 0 Å². The number of guanidine groups is 1. The van der Waals surface area contributed by atoms with Crippen molar-refractivity contribution >= 4 is 29.9 Å². The number of aryl methyl sites for hydroxylation is 1. The van der Waals surface area contributed by atoms with Crippen molar-refractivity contribution in [1.82, 2.24) is 10.2 Å². The van der Waals surface area contributed by atoms with Gasteiger partial charge in [-0.15, -0.1) is 24.0 Å². The van der Waals surface area contributed by atoms with Gasteiger partial charge < -0.3 is 24.4 Å². The molecule has 3 rings (SSSR count). The van der Waals surface area contributed by atoms with E-state index in [1.807, 2.05) is 19.2 Å². The number of ether oxygens (including phenoxy) is 3. The molecule has 2 heterocycles. The Morgan fingerprint density at radius 3 is 2.68 bits per heavy atom. The minimum atomic E-state index is 0. The molecule has 0 aromatic heterocycles. The maximum absolute atomic E-state index is 5.93. The van der Waals surface area contributed by atoms with E-state index in [1.165, 1.54) is 5.56 Å². The van der Waals surface area contributed by atoms with E-state index in [-0.39, 0.29) is 36.2 Å². The highest BCUT2D eigenvalue weighted by Gasteiger charge is 2.32. The summed E-state index contributed by atoms with van der Waals surface area (Å²) in [5.74, 6) is 1.90. The number of hydrogen-bond donors (Lipinski definition) is 1. The van der Waals surface area contributed by atoms with Gasteiger partial charge in [-0.2, -0.15) is 0 Å². The summed E-state index contributed by atoms with van der Waals surface area (Å²) in [6.45, 7) is 7.03. The lowest BCUT2D eigenvalue weighted by Gasteiger charge is -2.37. The second kappa shape index (κ2) is 12.5. The van der Waals surface area contributed by atoms with E-state index in [1.54, 1.807) is 0 Å². The number of rotatable bonds is 7. The maximum atomic E-state index is 5.93. The Balaban J connectivity index is 0.00000280. The van der Waals surface area contributed by atoms with Crippen LogP contribution in [-0.4, -0.2) is 69.6 Å². The first-order chi connectivity index (χ1) is 13.3. The topological polar surface area (TPSA) is 55.3 Å². The Kier molecular flexibility index (Phi) is 10.4. The molecule has 1 aromatic carbocycles. The molecule has 2 unspecified atom stereocenters. The van der Waals surface area contributed by atoms with E-state index in [0.717, 1.165) is 76.8 Å². The van der Waals surface area contributed by atoms with Gasteiger partial charge in [0.1, 0.15) is 11.9 Å². The summed E-state index contributed by atoms with van der Waals surface area (Å²) in [4.78, 5) is 6.74. The van der Waals surface area contributed by atoms with Gasteiger partial charge >= 0.3 is 0 Å². The van der Waals surface area contributed by atoms with Gasteiger partial charge in [0.2, 0.25) is 0 Å². The molecule has 158 valence electrons. The first kappa shape index (κ1) is 23.2. The summed E-state index contributed by atoms with van der Waals surface area (Å²) in [5.41, 5.74) is 1.25. The van der Waals surface area contributed by atoms with Crippen molar-refractivity contribution in [2.24, 2.45) is 4.99 Å². The van der Waals surface area contributed by atoms with Crippen molar-refractivity contribution in [3.8, 4) is 5.75 Å². The molecule has 2 aliphatic heterocycles. The lowest BCUT2D eigenvalue weighted by Crippen LogP contribution is -2.53. The van der Waals surface area contributed by atoms with Crippen LogP contribution in [0.1, 0.15) is 31.2 Å². The molecule has 0 spiro atoms. The zero-order valence-corrected chi connectivity index (χ0v) is 19.4. The SMILES string of the molecule is CN=C(NCCCCOc1ccc(C)cc1)N1CCOC(C2CCCO2)C1.I. The molecule has 7 heteroatoms. The van der Waals surface area contributed by atoms with E-state index in [4.69, 9.17) is 14.2 Å². The minimum Gasteiger partial charge on any atom is -0.494 e. The van der Waals surface area contributed by atoms with Gasteiger partial charge in [-0.25, -0.2) is 0 Å². The number of aliphatic imine (C=N–C) groups is 1. The highest BCUT2D eigenvalue weighted by molar-refractivity contribution is 14.0. The first-order valence-corrected chi connectivity index (χ1v) is 10.1. The van der Waals surface area contributed by atoms with Gasteiger partial charge in [0.15, 0.2) is 5.96 Å². The molecule has 28 heavy (non-hydrogen) atoms. The lowest BCUT2D eigenvalue weighted by molar-refractivity contribution is -0.0816. The second-order valence-electron chi connectivity index (χ2n) is 7.25. The molecule has 2 fully saturated rings. The summed E-state index contributed by atoms with van der Waals surface area (Å²) < 4.78 is 17.5.